The topological polar surface area (TPSA) is 73.4 Å². The molecule has 7 heteroatoms. The zero-order chi connectivity index (χ0) is 17.9. The van der Waals surface area contributed by atoms with Gasteiger partial charge in [-0.25, -0.2) is 9.97 Å². The molecule has 2 aliphatic rings. The van der Waals surface area contributed by atoms with Crippen molar-refractivity contribution in [2.24, 2.45) is 0 Å². The summed E-state index contributed by atoms with van der Waals surface area (Å²) in [5.74, 6) is 0.385. The number of nitrogens with one attached hydrogen (secondary N) is 2. The summed E-state index contributed by atoms with van der Waals surface area (Å²) in [7, 11) is 2.15. The molecule has 7 nitrogen and oxygen atoms in total. The Morgan fingerprint density at radius 3 is 2.31 bits per heavy atom. The van der Waals surface area contributed by atoms with Crippen molar-refractivity contribution in [2.45, 2.75) is 18.9 Å². The van der Waals surface area contributed by atoms with Crippen LogP contribution in [0.1, 0.15) is 23.2 Å². The normalized spacial score (nSPS) is 17.8. The summed E-state index contributed by atoms with van der Waals surface area (Å²) in [5, 5.41) is 6.11. The number of aromatic nitrogens is 2. The van der Waals surface area contributed by atoms with E-state index in [-0.39, 0.29) is 5.91 Å². The van der Waals surface area contributed by atoms with Gasteiger partial charge in [-0.15, -0.1) is 0 Å². The van der Waals surface area contributed by atoms with E-state index in [2.05, 4.69) is 49.6 Å². The average molecular weight is 352 g/mol. The highest BCUT2D eigenvalue weighted by Gasteiger charge is 2.22. The van der Waals surface area contributed by atoms with Crippen LogP contribution in [-0.4, -0.2) is 60.0 Å². The molecule has 1 saturated heterocycles. The van der Waals surface area contributed by atoms with Crippen LogP contribution in [0.3, 0.4) is 0 Å². The van der Waals surface area contributed by atoms with Crippen LogP contribution in [-0.2, 0) is 0 Å². The second-order valence-electron chi connectivity index (χ2n) is 7.01. The summed E-state index contributed by atoms with van der Waals surface area (Å²) in [6, 6.07) is 8.49. The molecule has 2 aromatic rings. The fourth-order valence-corrected chi connectivity index (χ4v) is 2.95. The lowest BCUT2D eigenvalue weighted by Gasteiger charge is -2.34. The largest absolute Gasteiger partial charge is 0.369 e. The summed E-state index contributed by atoms with van der Waals surface area (Å²) in [6.45, 7) is 4.20. The molecule has 1 aromatic carbocycles. The highest BCUT2D eigenvalue weighted by atomic mass is 16.1. The zero-order valence-corrected chi connectivity index (χ0v) is 15.0. The molecule has 0 spiro atoms. The van der Waals surface area contributed by atoms with E-state index >= 15 is 0 Å². The second-order valence-corrected chi connectivity index (χ2v) is 7.01. The number of carbonyl (C=O) groups excluding carboxylic acids is 1. The Hall–Kier alpha value is -2.67. The quantitative estimate of drug-likeness (QED) is 0.858. The predicted octanol–water partition coefficient (Wildman–Crippen LogP) is 2.06. The van der Waals surface area contributed by atoms with Crippen molar-refractivity contribution in [1.29, 1.82) is 0 Å². The van der Waals surface area contributed by atoms with Gasteiger partial charge < -0.3 is 20.4 Å². The van der Waals surface area contributed by atoms with E-state index in [1.165, 1.54) is 5.69 Å². The zero-order valence-electron chi connectivity index (χ0n) is 15.0. The van der Waals surface area contributed by atoms with Gasteiger partial charge in [0.2, 0.25) is 5.95 Å². The smallest absolute Gasteiger partial charge is 0.258 e. The molecule has 136 valence electrons. The Morgan fingerprint density at radius 2 is 1.69 bits per heavy atom. The Labute approximate surface area is 153 Å². The van der Waals surface area contributed by atoms with Gasteiger partial charge in [-0.3, -0.25) is 4.79 Å². The number of carbonyl (C=O) groups is 1. The maximum absolute atomic E-state index is 12.4. The van der Waals surface area contributed by atoms with E-state index in [4.69, 9.17) is 0 Å². The minimum absolute atomic E-state index is 0.199. The van der Waals surface area contributed by atoms with Gasteiger partial charge in [0.25, 0.3) is 5.91 Å². The lowest BCUT2D eigenvalue weighted by molar-refractivity contribution is 0.102. The van der Waals surface area contributed by atoms with Crippen LogP contribution in [0.4, 0.5) is 17.3 Å². The molecule has 1 amide bonds. The summed E-state index contributed by atoms with van der Waals surface area (Å²) < 4.78 is 0. The minimum atomic E-state index is -0.199. The molecule has 0 unspecified atom stereocenters. The third-order valence-electron chi connectivity index (χ3n) is 4.82. The predicted molar refractivity (Wildman–Crippen MR) is 103 cm³/mol. The van der Waals surface area contributed by atoms with Crippen molar-refractivity contribution >= 4 is 23.2 Å². The summed E-state index contributed by atoms with van der Waals surface area (Å²) >= 11 is 0. The van der Waals surface area contributed by atoms with Crippen molar-refractivity contribution < 1.29 is 4.79 Å². The number of nitrogens with zero attached hydrogens (tertiary/aromatic N) is 4. The van der Waals surface area contributed by atoms with Crippen LogP contribution in [0.15, 0.2) is 36.7 Å². The minimum Gasteiger partial charge on any atom is -0.369 e. The Bertz CT molecular complexity index is 749. The van der Waals surface area contributed by atoms with Crippen molar-refractivity contribution in [1.82, 2.24) is 14.9 Å². The Morgan fingerprint density at radius 1 is 1.04 bits per heavy atom. The molecule has 2 fully saturated rings. The number of likely N-dealkylation sites (N-methyl/N-ethyl adjacent to an activating group) is 1. The van der Waals surface area contributed by atoms with Crippen LogP contribution >= 0.6 is 0 Å². The first-order chi connectivity index (χ1) is 12.7. The Balaban J connectivity index is 1.35. The third kappa shape index (κ3) is 4.11. The van der Waals surface area contributed by atoms with Crippen molar-refractivity contribution in [3.05, 3.63) is 42.2 Å². The summed E-state index contributed by atoms with van der Waals surface area (Å²) in [5.41, 5.74) is 2.41. The average Bonchev–Trinajstić information content (AvgIpc) is 3.48. The van der Waals surface area contributed by atoms with Crippen LogP contribution in [0.2, 0.25) is 0 Å². The monoisotopic (exact) mass is 352 g/mol. The van der Waals surface area contributed by atoms with Gasteiger partial charge in [0.15, 0.2) is 0 Å². The van der Waals surface area contributed by atoms with Gasteiger partial charge in [-0.1, -0.05) is 0 Å². The lowest BCUT2D eigenvalue weighted by atomic mass is 10.2. The number of benzene rings is 1. The second kappa shape index (κ2) is 7.29. The first-order valence-electron chi connectivity index (χ1n) is 9.11. The van der Waals surface area contributed by atoms with Crippen LogP contribution in [0.25, 0.3) is 0 Å². The van der Waals surface area contributed by atoms with E-state index in [0.29, 0.717) is 17.6 Å². The Kier molecular flexibility index (Phi) is 4.71. The number of hydrogen-bond acceptors (Lipinski definition) is 6. The fourth-order valence-electron chi connectivity index (χ4n) is 2.95. The molecule has 2 N–H and O–H groups in total. The number of hydrogen-bond donors (Lipinski definition) is 2. The molecule has 1 aromatic heterocycles. The number of piperazine rings is 1. The standard InChI is InChI=1S/C19H24N6O/c1-24-8-10-25(11-9-24)17-6-4-15(5-7-17)22-18(26)14-12-20-19(21-13-14)23-16-2-3-16/h4-7,12-13,16H,2-3,8-11H2,1H3,(H,22,26)(H,20,21,23). The van der Waals surface area contributed by atoms with Gasteiger partial charge >= 0.3 is 0 Å². The molecular weight excluding hydrogens is 328 g/mol. The number of amides is 1. The molecule has 0 bridgehead atoms. The highest BCUT2D eigenvalue weighted by molar-refractivity contribution is 6.03. The van der Waals surface area contributed by atoms with Crippen molar-refractivity contribution in [2.75, 3.05) is 48.8 Å². The highest BCUT2D eigenvalue weighted by Crippen LogP contribution is 2.23. The van der Waals surface area contributed by atoms with E-state index in [1.54, 1.807) is 12.4 Å². The lowest BCUT2D eigenvalue weighted by Crippen LogP contribution is -2.44. The number of anilines is 3. The maximum Gasteiger partial charge on any atom is 0.258 e. The van der Waals surface area contributed by atoms with Crippen LogP contribution < -0.4 is 15.5 Å². The van der Waals surface area contributed by atoms with Crippen LogP contribution in [0.5, 0.6) is 0 Å². The molecule has 1 aliphatic carbocycles. The third-order valence-corrected chi connectivity index (χ3v) is 4.82. The molecule has 2 heterocycles. The molecule has 1 aliphatic heterocycles. The van der Waals surface area contributed by atoms with Gasteiger partial charge in [-0.05, 0) is 44.2 Å². The van der Waals surface area contributed by atoms with E-state index in [0.717, 1.165) is 44.7 Å². The van der Waals surface area contributed by atoms with Gasteiger partial charge in [0, 0.05) is 56.0 Å². The number of rotatable bonds is 5. The molecule has 0 atom stereocenters. The SMILES string of the molecule is CN1CCN(c2ccc(NC(=O)c3cnc(NC4CC4)nc3)cc2)CC1. The first-order valence-corrected chi connectivity index (χ1v) is 9.11. The molecule has 1 saturated carbocycles. The fraction of sp³-hybridized carbons (Fsp3) is 0.421. The van der Waals surface area contributed by atoms with Crippen LogP contribution in [0, 0.1) is 0 Å². The van der Waals surface area contributed by atoms with Gasteiger partial charge in [0.05, 0.1) is 5.56 Å². The summed E-state index contributed by atoms with van der Waals surface area (Å²) in [4.78, 5) is 25.5. The van der Waals surface area contributed by atoms with Gasteiger partial charge in [-0.2, -0.15) is 0 Å². The van der Waals surface area contributed by atoms with E-state index in [1.807, 2.05) is 12.1 Å². The molecule has 26 heavy (non-hydrogen) atoms. The van der Waals surface area contributed by atoms with Gasteiger partial charge in [0.1, 0.15) is 0 Å². The van der Waals surface area contributed by atoms with Crippen molar-refractivity contribution in [3.8, 4) is 0 Å². The molecular formula is C19H24N6O. The molecule has 4 rings (SSSR count). The first kappa shape index (κ1) is 16.8. The maximum atomic E-state index is 12.4. The van der Waals surface area contributed by atoms with E-state index < -0.39 is 0 Å². The van der Waals surface area contributed by atoms with Crippen molar-refractivity contribution in [3.63, 3.8) is 0 Å². The molecule has 0 radical (unpaired) electrons. The van der Waals surface area contributed by atoms with E-state index in [9.17, 15) is 4.79 Å². The summed E-state index contributed by atoms with van der Waals surface area (Å²) in [6.07, 6.45) is 5.45.